The normalized spacial score (nSPS) is 10.9. The van der Waals surface area contributed by atoms with Crippen LogP contribution in [0, 0.1) is 3.57 Å². The molecule has 4 heteroatoms. The van der Waals surface area contributed by atoms with Crippen LogP contribution in [0.15, 0.2) is 27.4 Å². The zero-order chi connectivity index (χ0) is 13.8. The summed E-state index contributed by atoms with van der Waals surface area (Å²) >= 11 is 2.20. The van der Waals surface area contributed by atoms with Crippen LogP contribution in [-0.2, 0) is 6.42 Å². The topological polar surface area (TPSA) is 39.4 Å². The third-order valence-corrected chi connectivity index (χ3v) is 3.52. The van der Waals surface area contributed by atoms with Gasteiger partial charge in [0, 0.05) is 3.57 Å². The lowest BCUT2D eigenvalue weighted by Crippen LogP contribution is -2.12. The molecule has 1 heterocycles. The van der Waals surface area contributed by atoms with Crippen molar-refractivity contribution in [3.05, 3.63) is 37.6 Å². The van der Waals surface area contributed by atoms with E-state index in [1.807, 2.05) is 32.0 Å². The lowest BCUT2D eigenvalue weighted by molar-refractivity contribution is 0.241. The molecule has 0 amide bonds. The predicted octanol–water partition coefficient (Wildman–Crippen LogP) is 4.14. The average Bonchev–Trinajstić information content (AvgIpc) is 2.41. The Bertz CT molecular complexity index is 631. The summed E-state index contributed by atoms with van der Waals surface area (Å²) in [5, 5.41) is 0.638. The second-order valence-corrected chi connectivity index (χ2v) is 5.68. The Morgan fingerprint density at radius 2 is 2.05 bits per heavy atom. The molecule has 0 aliphatic heterocycles. The maximum Gasteiger partial charge on any atom is 0.292 e. The van der Waals surface area contributed by atoms with Crippen LogP contribution in [0.1, 0.15) is 32.3 Å². The van der Waals surface area contributed by atoms with Crippen molar-refractivity contribution in [3.8, 4) is 5.95 Å². The van der Waals surface area contributed by atoms with Crippen LogP contribution in [0.5, 0.6) is 5.95 Å². The molecule has 19 heavy (non-hydrogen) atoms. The lowest BCUT2D eigenvalue weighted by Gasteiger charge is -2.10. The summed E-state index contributed by atoms with van der Waals surface area (Å²) in [6.45, 7) is 4.64. The van der Waals surface area contributed by atoms with E-state index in [-0.39, 0.29) is 5.43 Å². The molecule has 102 valence electrons. The zero-order valence-electron chi connectivity index (χ0n) is 11.2. The first-order valence-corrected chi connectivity index (χ1v) is 7.63. The van der Waals surface area contributed by atoms with Crippen molar-refractivity contribution in [3.63, 3.8) is 0 Å². The Hall–Kier alpha value is -1.04. The van der Waals surface area contributed by atoms with E-state index in [1.165, 1.54) is 0 Å². The Morgan fingerprint density at radius 1 is 1.26 bits per heavy atom. The molecule has 3 nitrogen and oxygen atoms in total. The number of fused-ring (bicyclic) bond motifs is 1. The molecular formula is C15H17IO3. The lowest BCUT2D eigenvalue weighted by atomic mass is 10.1. The van der Waals surface area contributed by atoms with E-state index in [9.17, 15) is 4.79 Å². The van der Waals surface area contributed by atoms with Gasteiger partial charge in [-0.05, 0) is 53.6 Å². The van der Waals surface area contributed by atoms with Gasteiger partial charge in [-0.3, -0.25) is 4.79 Å². The summed E-state index contributed by atoms with van der Waals surface area (Å²) in [4.78, 5) is 12.5. The molecule has 0 aliphatic carbocycles. The Kier molecular flexibility index (Phi) is 4.85. The fourth-order valence-electron chi connectivity index (χ4n) is 1.96. The Balaban J connectivity index is 2.63. The number of ether oxygens (including phenoxy) is 1. The first kappa shape index (κ1) is 14.4. The van der Waals surface area contributed by atoms with Crippen LogP contribution < -0.4 is 10.2 Å². The molecular weight excluding hydrogens is 355 g/mol. The summed E-state index contributed by atoms with van der Waals surface area (Å²) in [5.41, 5.74) is 1.29. The minimum Gasteiger partial charge on any atom is -0.465 e. The van der Waals surface area contributed by atoms with Crippen LogP contribution in [0.25, 0.3) is 11.0 Å². The van der Waals surface area contributed by atoms with Crippen molar-refractivity contribution in [2.24, 2.45) is 0 Å². The average molecular weight is 372 g/mol. The molecule has 2 aromatic rings. The van der Waals surface area contributed by atoms with E-state index in [2.05, 4.69) is 22.6 Å². The van der Waals surface area contributed by atoms with E-state index < -0.39 is 0 Å². The minimum absolute atomic E-state index is 0.0349. The number of hydrogen-bond donors (Lipinski definition) is 0. The molecule has 0 aliphatic rings. The highest BCUT2D eigenvalue weighted by molar-refractivity contribution is 14.1. The van der Waals surface area contributed by atoms with Crippen LogP contribution in [-0.4, -0.2) is 6.61 Å². The molecule has 1 aromatic heterocycles. The van der Waals surface area contributed by atoms with E-state index in [0.29, 0.717) is 35.5 Å². The van der Waals surface area contributed by atoms with Crippen molar-refractivity contribution in [1.82, 2.24) is 0 Å². The van der Waals surface area contributed by atoms with Crippen LogP contribution in [0.2, 0.25) is 0 Å². The van der Waals surface area contributed by atoms with Crippen molar-refractivity contribution in [2.75, 3.05) is 6.61 Å². The quantitative estimate of drug-likeness (QED) is 0.741. The van der Waals surface area contributed by atoms with Gasteiger partial charge in [-0.15, -0.1) is 0 Å². The van der Waals surface area contributed by atoms with Crippen molar-refractivity contribution in [1.29, 1.82) is 0 Å². The molecule has 0 bridgehead atoms. The minimum atomic E-state index is 0.0349. The highest BCUT2D eigenvalue weighted by atomic mass is 127. The van der Waals surface area contributed by atoms with Gasteiger partial charge in [-0.25, -0.2) is 0 Å². The molecule has 1 aromatic carbocycles. The Morgan fingerprint density at radius 3 is 2.74 bits per heavy atom. The van der Waals surface area contributed by atoms with Crippen molar-refractivity contribution >= 4 is 33.6 Å². The third-order valence-electron chi connectivity index (χ3n) is 2.85. The fourth-order valence-corrected chi connectivity index (χ4v) is 2.45. The maximum atomic E-state index is 12.5. The van der Waals surface area contributed by atoms with E-state index in [1.54, 1.807) is 0 Å². The van der Waals surface area contributed by atoms with Gasteiger partial charge in [0.05, 0.1) is 17.6 Å². The first-order valence-electron chi connectivity index (χ1n) is 6.55. The van der Waals surface area contributed by atoms with Crippen LogP contribution in [0.3, 0.4) is 0 Å². The van der Waals surface area contributed by atoms with Gasteiger partial charge in [0.1, 0.15) is 5.58 Å². The maximum absolute atomic E-state index is 12.5. The third kappa shape index (κ3) is 3.11. The van der Waals surface area contributed by atoms with Gasteiger partial charge in [-0.1, -0.05) is 20.3 Å². The van der Waals surface area contributed by atoms with Gasteiger partial charge in [0.2, 0.25) is 0 Å². The smallest absolute Gasteiger partial charge is 0.292 e. The monoisotopic (exact) mass is 372 g/mol. The van der Waals surface area contributed by atoms with Gasteiger partial charge >= 0.3 is 0 Å². The number of hydrogen-bond acceptors (Lipinski definition) is 3. The second-order valence-electron chi connectivity index (χ2n) is 4.44. The molecule has 0 saturated heterocycles. The number of rotatable bonds is 5. The zero-order valence-corrected chi connectivity index (χ0v) is 13.3. The number of halogens is 1. The van der Waals surface area contributed by atoms with Crippen molar-refractivity contribution in [2.45, 2.75) is 33.1 Å². The van der Waals surface area contributed by atoms with Crippen molar-refractivity contribution < 1.29 is 9.15 Å². The van der Waals surface area contributed by atoms with Gasteiger partial charge in [-0.2, -0.15) is 0 Å². The molecule has 0 radical (unpaired) electrons. The van der Waals surface area contributed by atoms with E-state index in [0.717, 1.165) is 16.4 Å². The van der Waals surface area contributed by atoms with Gasteiger partial charge in [0.15, 0.2) is 5.43 Å². The predicted molar refractivity (Wildman–Crippen MR) is 85.0 cm³/mol. The highest BCUT2D eigenvalue weighted by Crippen LogP contribution is 2.24. The molecule has 0 atom stereocenters. The SMILES string of the molecule is CCCOc1oc2ccc(I)cc2c(=O)c1CCC. The number of benzene rings is 1. The molecule has 0 saturated carbocycles. The van der Waals surface area contributed by atoms with Crippen LogP contribution in [0.4, 0.5) is 0 Å². The van der Waals surface area contributed by atoms with Crippen LogP contribution >= 0.6 is 22.6 Å². The molecule has 0 fully saturated rings. The summed E-state index contributed by atoms with van der Waals surface area (Å²) < 4.78 is 12.4. The summed E-state index contributed by atoms with van der Waals surface area (Å²) in [7, 11) is 0. The van der Waals surface area contributed by atoms with Gasteiger partial charge < -0.3 is 9.15 Å². The summed E-state index contributed by atoms with van der Waals surface area (Å²) in [6, 6.07) is 5.62. The summed E-state index contributed by atoms with van der Waals surface area (Å²) in [5.74, 6) is 0.391. The molecule has 0 spiro atoms. The fraction of sp³-hybridized carbons (Fsp3) is 0.400. The Labute approximate surface area is 126 Å². The van der Waals surface area contributed by atoms with Gasteiger partial charge in [0.25, 0.3) is 5.95 Å². The van der Waals surface area contributed by atoms with E-state index in [4.69, 9.17) is 9.15 Å². The first-order chi connectivity index (χ1) is 9.17. The standard InChI is InChI=1S/C15H17IO3/c1-3-5-11-14(17)12-9-10(16)6-7-13(12)19-15(11)18-8-4-2/h6-7,9H,3-5,8H2,1-2H3. The second kappa shape index (κ2) is 6.41. The molecule has 0 unspecified atom stereocenters. The summed E-state index contributed by atoms with van der Waals surface area (Å²) in [6.07, 6.45) is 2.46. The highest BCUT2D eigenvalue weighted by Gasteiger charge is 2.15. The molecule has 0 N–H and O–H groups in total. The van der Waals surface area contributed by atoms with E-state index >= 15 is 0 Å². The molecule has 2 rings (SSSR count). The largest absolute Gasteiger partial charge is 0.465 e.